The molecule has 0 aliphatic carbocycles. The summed E-state index contributed by atoms with van der Waals surface area (Å²) in [6.45, 7) is 3.97. The second-order valence-corrected chi connectivity index (χ2v) is 7.13. The Morgan fingerprint density at radius 1 is 0.576 bits per heavy atom. The van der Waals surface area contributed by atoms with Crippen LogP contribution in [0, 0.1) is 13.8 Å². The van der Waals surface area contributed by atoms with E-state index in [-0.39, 0.29) is 18.0 Å². The Bertz CT molecular complexity index is 1180. The van der Waals surface area contributed by atoms with Gasteiger partial charge in [0.05, 0.1) is 12.7 Å². The molecule has 8 nitrogen and oxygen atoms in total. The highest BCUT2D eigenvalue weighted by Gasteiger charge is 2.13. The largest absolute Gasteiger partial charge is 0.465 e. The van der Waals surface area contributed by atoms with E-state index in [1.165, 1.54) is 7.11 Å². The summed E-state index contributed by atoms with van der Waals surface area (Å²) in [7, 11) is 1.32. The van der Waals surface area contributed by atoms with Gasteiger partial charge in [0.2, 0.25) is 0 Å². The number of rotatable bonds is 7. The van der Waals surface area contributed by atoms with Crippen molar-refractivity contribution in [1.82, 2.24) is 15.0 Å². The Kier molecular flexibility index (Phi) is 6.45. The molecule has 33 heavy (non-hydrogen) atoms. The third kappa shape index (κ3) is 5.82. The zero-order valence-electron chi connectivity index (χ0n) is 18.3. The topological polar surface area (TPSA) is 92.7 Å². The molecule has 166 valence electrons. The zero-order chi connectivity index (χ0) is 23.2. The van der Waals surface area contributed by atoms with Crippen LogP contribution in [0.3, 0.4) is 0 Å². The highest BCUT2D eigenvalue weighted by atomic mass is 16.5. The van der Waals surface area contributed by atoms with Crippen LogP contribution in [0.5, 0.6) is 35.3 Å². The summed E-state index contributed by atoms with van der Waals surface area (Å²) in [4.78, 5) is 24.4. The van der Waals surface area contributed by atoms with Crippen molar-refractivity contribution >= 4 is 5.97 Å². The molecule has 0 saturated carbocycles. The monoisotopic (exact) mass is 443 g/mol. The lowest BCUT2D eigenvalue weighted by atomic mass is 10.2. The summed E-state index contributed by atoms with van der Waals surface area (Å²) < 4.78 is 22.1. The maximum atomic E-state index is 11.6. The molecule has 8 heteroatoms. The van der Waals surface area contributed by atoms with Gasteiger partial charge in [-0.15, -0.1) is 15.0 Å². The number of esters is 1. The number of nitrogens with zero attached hydrogens (tertiary/aromatic N) is 3. The molecule has 4 aromatic rings. The normalized spacial score (nSPS) is 10.4. The number of carbonyl (C=O) groups is 1. The minimum absolute atomic E-state index is 0.0112. The molecule has 0 unspecified atom stereocenters. The van der Waals surface area contributed by atoms with E-state index in [4.69, 9.17) is 18.9 Å². The fourth-order valence-corrected chi connectivity index (χ4v) is 2.76. The van der Waals surface area contributed by atoms with E-state index in [1.54, 1.807) is 24.3 Å². The minimum atomic E-state index is -0.440. The predicted molar refractivity (Wildman–Crippen MR) is 120 cm³/mol. The second-order valence-electron chi connectivity index (χ2n) is 7.13. The average molecular weight is 443 g/mol. The van der Waals surface area contributed by atoms with Gasteiger partial charge >= 0.3 is 24.0 Å². The van der Waals surface area contributed by atoms with Gasteiger partial charge in [-0.1, -0.05) is 35.4 Å². The van der Waals surface area contributed by atoms with Gasteiger partial charge in [0.1, 0.15) is 17.2 Å². The van der Waals surface area contributed by atoms with Gasteiger partial charge in [-0.2, -0.15) is 0 Å². The van der Waals surface area contributed by atoms with Gasteiger partial charge in [-0.05, 0) is 62.4 Å². The van der Waals surface area contributed by atoms with Crippen molar-refractivity contribution in [2.45, 2.75) is 13.8 Å². The predicted octanol–water partition coefficient (Wildman–Crippen LogP) is 5.65. The molecule has 1 heterocycles. The standard InChI is InChI=1S/C25H21N3O5/c1-16-4-10-19(11-5-16)31-23-26-24(32-20-12-6-17(2)7-13-20)28-25(27-23)33-21-14-8-18(9-15-21)22(29)30-3/h4-15H,1-3H3. The van der Waals surface area contributed by atoms with Crippen molar-refractivity contribution in [3.8, 4) is 35.3 Å². The van der Waals surface area contributed by atoms with Crippen molar-refractivity contribution in [3.63, 3.8) is 0 Å². The number of aromatic nitrogens is 3. The molecule has 4 rings (SSSR count). The SMILES string of the molecule is COC(=O)c1ccc(Oc2nc(Oc3ccc(C)cc3)nc(Oc3ccc(C)cc3)n2)cc1. The fourth-order valence-electron chi connectivity index (χ4n) is 2.76. The summed E-state index contributed by atoms with van der Waals surface area (Å²) in [5.41, 5.74) is 2.59. The van der Waals surface area contributed by atoms with Crippen molar-refractivity contribution in [2.75, 3.05) is 7.11 Å². The van der Waals surface area contributed by atoms with E-state index >= 15 is 0 Å². The lowest BCUT2D eigenvalue weighted by Crippen LogP contribution is -2.02. The van der Waals surface area contributed by atoms with E-state index in [9.17, 15) is 4.79 Å². The van der Waals surface area contributed by atoms with Gasteiger partial charge in [0, 0.05) is 0 Å². The Hall–Kier alpha value is -4.46. The summed E-state index contributed by atoms with van der Waals surface area (Å²) in [5, 5.41) is 0. The van der Waals surface area contributed by atoms with Gasteiger partial charge in [0.25, 0.3) is 0 Å². The Balaban J connectivity index is 1.61. The van der Waals surface area contributed by atoms with Crippen LogP contribution in [0.1, 0.15) is 21.5 Å². The number of carbonyl (C=O) groups excluding carboxylic acids is 1. The zero-order valence-corrected chi connectivity index (χ0v) is 18.3. The first-order chi connectivity index (χ1) is 16.0. The number of benzene rings is 3. The first-order valence-corrected chi connectivity index (χ1v) is 10.1. The number of methoxy groups -OCH3 is 1. The van der Waals surface area contributed by atoms with Crippen LogP contribution in [-0.4, -0.2) is 28.0 Å². The summed E-state index contributed by atoms with van der Waals surface area (Å²) in [6.07, 6.45) is 0. The maximum Gasteiger partial charge on any atom is 0.337 e. The molecule has 0 spiro atoms. The Morgan fingerprint density at radius 3 is 1.24 bits per heavy atom. The molecule has 0 bridgehead atoms. The summed E-state index contributed by atoms with van der Waals surface area (Å²) in [6, 6.07) is 21.3. The summed E-state index contributed by atoms with van der Waals surface area (Å²) in [5.74, 6) is 1.09. The van der Waals surface area contributed by atoms with E-state index in [0.29, 0.717) is 22.8 Å². The molecule has 3 aromatic carbocycles. The van der Waals surface area contributed by atoms with Crippen LogP contribution in [0.4, 0.5) is 0 Å². The summed E-state index contributed by atoms with van der Waals surface area (Å²) >= 11 is 0. The average Bonchev–Trinajstić information content (AvgIpc) is 2.82. The Labute approximate surface area is 190 Å². The highest BCUT2D eigenvalue weighted by molar-refractivity contribution is 5.89. The number of aryl methyl sites for hydroxylation is 2. The third-order valence-electron chi connectivity index (χ3n) is 4.52. The van der Waals surface area contributed by atoms with Gasteiger partial charge in [-0.3, -0.25) is 0 Å². The molecule has 0 radical (unpaired) electrons. The molecular weight excluding hydrogens is 422 g/mol. The van der Waals surface area contributed by atoms with Crippen molar-refractivity contribution in [3.05, 3.63) is 89.5 Å². The minimum Gasteiger partial charge on any atom is -0.465 e. The van der Waals surface area contributed by atoms with Crippen LogP contribution in [0.2, 0.25) is 0 Å². The smallest absolute Gasteiger partial charge is 0.337 e. The van der Waals surface area contributed by atoms with E-state index in [1.807, 2.05) is 62.4 Å². The fraction of sp³-hybridized carbons (Fsp3) is 0.120. The first kappa shape index (κ1) is 21.8. The van der Waals surface area contributed by atoms with E-state index in [2.05, 4.69) is 15.0 Å². The van der Waals surface area contributed by atoms with Crippen LogP contribution in [0.25, 0.3) is 0 Å². The molecule has 0 fully saturated rings. The maximum absolute atomic E-state index is 11.6. The first-order valence-electron chi connectivity index (χ1n) is 10.1. The van der Waals surface area contributed by atoms with Crippen LogP contribution >= 0.6 is 0 Å². The van der Waals surface area contributed by atoms with Crippen LogP contribution < -0.4 is 14.2 Å². The highest BCUT2D eigenvalue weighted by Crippen LogP contribution is 2.27. The van der Waals surface area contributed by atoms with Gasteiger partial charge in [0.15, 0.2) is 0 Å². The van der Waals surface area contributed by atoms with Crippen LogP contribution in [0.15, 0.2) is 72.8 Å². The molecular formula is C25H21N3O5. The number of hydrogen-bond donors (Lipinski definition) is 0. The third-order valence-corrected chi connectivity index (χ3v) is 4.52. The number of hydrogen-bond acceptors (Lipinski definition) is 8. The molecule has 0 saturated heterocycles. The molecule has 0 amide bonds. The van der Waals surface area contributed by atoms with E-state index in [0.717, 1.165) is 11.1 Å². The van der Waals surface area contributed by atoms with Crippen LogP contribution in [-0.2, 0) is 4.74 Å². The molecule has 0 aliphatic heterocycles. The molecule has 0 atom stereocenters. The second kappa shape index (κ2) is 9.78. The van der Waals surface area contributed by atoms with Crippen molar-refractivity contribution in [2.24, 2.45) is 0 Å². The lowest BCUT2D eigenvalue weighted by molar-refractivity contribution is 0.0600. The quantitative estimate of drug-likeness (QED) is 0.338. The van der Waals surface area contributed by atoms with E-state index < -0.39 is 5.97 Å². The Morgan fingerprint density at radius 2 is 0.909 bits per heavy atom. The molecule has 1 aromatic heterocycles. The van der Waals surface area contributed by atoms with Gasteiger partial charge in [-0.25, -0.2) is 4.79 Å². The lowest BCUT2D eigenvalue weighted by Gasteiger charge is -2.10. The van der Waals surface area contributed by atoms with Crippen molar-refractivity contribution in [1.29, 1.82) is 0 Å². The van der Waals surface area contributed by atoms with Gasteiger partial charge < -0.3 is 18.9 Å². The molecule has 0 N–H and O–H groups in total. The van der Waals surface area contributed by atoms with Crippen molar-refractivity contribution < 1.29 is 23.7 Å². The number of ether oxygens (including phenoxy) is 4. The molecule has 0 aliphatic rings.